The standard InChI is InChI=1S/C19H18ClN3O2.ClH/c20-14-8-13-16-11(17(14)21)2-1-3-12(16)18(24)23(19(13)25)15-9-22-6-4-10(15)5-7-22;/h1-3,8,10,15H,4-7,9,21H2;1H. The minimum absolute atomic E-state index is 0. The SMILES string of the molecule is Cl.Nc1c(Cl)cc2c3c(cccc13)C(=O)N(C1CN3CCC1CC3)C2=O. The summed E-state index contributed by atoms with van der Waals surface area (Å²) in [7, 11) is 0. The Hall–Kier alpha value is -1.82. The molecule has 4 heterocycles. The number of benzene rings is 2. The van der Waals surface area contributed by atoms with Gasteiger partial charge in [-0.2, -0.15) is 0 Å². The molecular weight excluding hydrogens is 373 g/mol. The number of carbonyl (C=O) groups is 2. The lowest BCUT2D eigenvalue weighted by Gasteiger charge is -2.49. The number of imide groups is 1. The Balaban J connectivity index is 0.00000168. The number of anilines is 1. The van der Waals surface area contributed by atoms with Crippen LogP contribution in [0.25, 0.3) is 10.8 Å². The lowest BCUT2D eigenvalue weighted by atomic mass is 9.81. The van der Waals surface area contributed by atoms with Gasteiger partial charge in [0.2, 0.25) is 0 Å². The Labute approximate surface area is 162 Å². The van der Waals surface area contributed by atoms with Crippen molar-refractivity contribution in [3.8, 4) is 0 Å². The van der Waals surface area contributed by atoms with E-state index in [0.717, 1.165) is 32.5 Å². The van der Waals surface area contributed by atoms with Crippen LogP contribution in [0.2, 0.25) is 5.02 Å². The van der Waals surface area contributed by atoms with Gasteiger partial charge in [-0.3, -0.25) is 14.5 Å². The molecule has 0 aliphatic carbocycles. The second-order valence-corrected chi connectivity index (χ2v) is 7.64. The molecule has 2 aromatic carbocycles. The number of piperidine rings is 3. The number of nitrogen functional groups attached to an aromatic ring is 1. The summed E-state index contributed by atoms with van der Waals surface area (Å²) < 4.78 is 0. The Bertz CT molecular complexity index is 938. The molecule has 2 N–H and O–H groups in total. The fraction of sp³-hybridized carbons (Fsp3) is 0.368. The maximum atomic E-state index is 13.2. The summed E-state index contributed by atoms with van der Waals surface area (Å²) in [4.78, 5) is 30.3. The first kappa shape index (κ1) is 17.6. The molecule has 0 aromatic heterocycles. The molecule has 2 bridgehead atoms. The highest BCUT2D eigenvalue weighted by molar-refractivity contribution is 6.37. The van der Waals surface area contributed by atoms with Gasteiger partial charge >= 0.3 is 0 Å². The number of nitrogens with zero attached hydrogens (tertiary/aromatic N) is 2. The molecule has 2 amide bonds. The minimum atomic E-state index is -0.241. The van der Waals surface area contributed by atoms with Crippen molar-refractivity contribution < 1.29 is 9.59 Å². The molecule has 6 rings (SSSR count). The Kier molecular flexibility index (Phi) is 4.14. The molecule has 4 aliphatic heterocycles. The van der Waals surface area contributed by atoms with E-state index in [9.17, 15) is 9.59 Å². The van der Waals surface area contributed by atoms with Crippen LogP contribution < -0.4 is 5.73 Å². The zero-order valence-electron chi connectivity index (χ0n) is 14.1. The molecule has 1 atom stereocenters. The molecule has 0 saturated carbocycles. The van der Waals surface area contributed by atoms with Crippen LogP contribution in [0.3, 0.4) is 0 Å². The second-order valence-electron chi connectivity index (χ2n) is 7.23. The minimum Gasteiger partial charge on any atom is -0.397 e. The Morgan fingerprint density at radius 2 is 1.77 bits per heavy atom. The highest BCUT2D eigenvalue weighted by Gasteiger charge is 2.45. The number of hydrogen-bond donors (Lipinski definition) is 1. The average Bonchev–Trinajstić information content (AvgIpc) is 2.64. The van der Waals surface area contributed by atoms with Crippen molar-refractivity contribution in [2.24, 2.45) is 5.92 Å². The summed E-state index contributed by atoms with van der Waals surface area (Å²) in [5.74, 6) is -0.0548. The maximum absolute atomic E-state index is 13.2. The van der Waals surface area contributed by atoms with Crippen molar-refractivity contribution in [3.63, 3.8) is 0 Å². The smallest absolute Gasteiger partial charge is 0.261 e. The van der Waals surface area contributed by atoms with Crippen LogP contribution in [0.4, 0.5) is 5.69 Å². The molecule has 136 valence electrons. The molecule has 1 unspecified atom stereocenters. The van der Waals surface area contributed by atoms with Gasteiger partial charge < -0.3 is 10.6 Å². The number of nitrogens with two attached hydrogens (primary N) is 1. The van der Waals surface area contributed by atoms with E-state index < -0.39 is 0 Å². The van der Waals surface area contributed by atoms with E-state index in [1.165, 1.54) is 4.90 Å². The fourth-order valence-corrected chi connectivity index (χ4v) is 4.91. The predicted molar refractivity (Wildman–Crippen MR) is 104 cm³/mol. The van der Waals surface area contributed by atoms with Crippen LogP contribution in [0, 0.1) is 5.92 Å². The molecule has 4 aliphatic rings. The zero-order chi connectivity index (χ0) is 17.3. The van der Waals surface area contributed by atoms with Gasteiger partial charge in [-0.1, -0.05) is 23.7 Å². The van der Waals surface area contributed by atoms with Crippen LogP contribution in [0.1, 0.15) is 33.6 Å². The maximum Gasteiger partial charge on any atom is 0.261 e. The first-order valence-corrected chi connectivity index (χ1v) is 9.05. The third-order valence-electron chi connectivity index (χ3n) is 6.00. The molecule has 0 radical (unpaired) electrons. The van der Waals surface area contributed by atoms with Gasteiger partial charge in [-0.25, -0.2) is 0 Å². The van der Waals surface area contributed by atoms with Gasteiger partial charge in [0.05, 0.1) is 22.3 Å². The van der Waals surface area contributed by atoms with Gasteiger partial charge in [-0.05, 0) is 44.0 Å². The summed E-state index contributed by atoms with van der Waals surface area (Å²) in [6.45, 7) is 2.90. The van der Waals surface area contributed by atoms with Crippen LogP contribution in [-0.2, 0) is 0 Å². The molecule has 3 fully saturated rings. The van der Waals surface area contributed by atoms with Gasteiger partial charge in [0.15, 0.2) is 0 Å². The number of carbonyl (C=O) groups excluding carboxylic acids is 2. The quantitative estimate of drug-likeness (QED) is 0.598. The summed E-state index contributed by atoms with van der Waals surface area (Å²) >= 11 is 6.26. The van der Waals surface area contributed by atoms with E-state index in [2.05, 4.69) is 4.90 Å². The molecule has 2 aromatic rings. The summed E-state index contributed by atoms with van der Waals surface area (Å²) in [5, 5.41) is 1.67. The summed E-state index contributed by atoms with van der Waals surface area (Å²) in [6.07, 6.45) is 2.09. The van der Waals surface area contributed by atoms with E-state index in [0.29, 0.717) is 38.5 Å². The van der Waals surface area contributed by atoms with Crippen molar-refractivity contribution in [2.45, 2.75) is 18.9 Å². The predicted octanol–water partition coefficient (Wildman–Crippen LogP) is 3.19. The Morgan fingerprint density at radius 1 is 1.08 bits per heavy atom. The monoisotopic (exact) mass is 391 g/mol. The highest BCUT2D eigenvalue weighted by atomic mass is 35.5. The van der Waals surface area contributed by atoms with Crippen LogP contribution >= 0.6 is 24.0 Å². The molecule has 26 heavy (non-hydrogen) atoms. The van der Waals surface area contributed by atoms with Crippen LogP contribution in [-0.4, -0.2) is 47.3 Å². The normalized spacial score (nSPS) is 27.0. The highest BCUT2D eigenvalue weighted by Crippen LogP contribution is 2.40. The van der Waals surface area contributed by atoms with Gasteiger partial charge in [0, 0.05) is 22.9 Å². The van der Waals surface area contributed by atoms with Gasteiger partial charge in [0.25, 0.3) is 11.8 Å². The first-order valence-electron chi connectivity index (χ1n) is 8.67. The lowest BCUT2D eigenvalue weighted by molar-refractivity contribution is 0.00882. The summed E-state index contributed by atoms with van der Waals surface area (Å²) in [5.41, 5.74) is 7.53. The van der Waals surface area contributed by atoms with E-state index in [4.69, 9.17) is 17.3 Å². The van der Waals surface area contributed by atoms with E-state index >= 15 is 0 Å². The van der Waals surface area contributed by atoms with E-state index in [1.54, 1.807) is 18.2 Å². The van der Waals surface area contributed by atoms with Crippen molar-refractivity contribution in [1.29, 1.82) is 0 Å². The van der Waals surface area contributed by atoms with Crippen LogP contribution in [0.5, 0.6) is 0 Å². The second kappa shape index (κ2) is 6.12. The van der Waals surface area contributed by atoms with Crippen molar-refractivity contribution in [2.75, 3.05) is 25.4 Å². The van der Waals surface area contributed by atoms with E-state index in [-0.39, 0.29) is 30.3 Å². The number of fused-ring (bicyclic) bond motifs is 3. The fourth-order valence-electron chi connectivity index (χ4n) is 4.70. The largest absolute Gasteiger partial charge is 0.397 e. The molecule has 3 saturated heterocycles. The van der Waals surface area contributed by atoms with Crippen molar-refractivity contribution in [1.82, 2.24) is 9.80 Å². The molecular formula is C19H19Cl2N3O2. The van der Waals surface area contributed by atoms with Crippen molar-refractivity contribution >= 4 is 52.3 Å². The van der Waals surface area contributed by atoms with Crippen LogP contribution in [0.15, 0.2) is 24.3 Å². The average molecular weight is 392 g/mol. The molecule has 5 nitrogen and oxygen atoms in total. The van der Waals surface area contributed by atoms with Gasteiger partial charge in [-0.15, -0.1) is 12.4 Å². The third kappa shape index (κ3) is 2.27. The topological polar surface area (TPSA) is 66.6 Å². The first-order chi connectivity index (χ1) is 12.1. The Morgan fingerprint density at radius 3 is 2.42 bits per heavy atom. The van der Waals surface area contributed by atoms with E-state index in [1.807, 2.05) is 6.07 Å². The summed E-state index contributed by atoms with van der Waals surface area (Å²) in [6, 6.07) is 6.96. The zero-order valence-corrected chi connectivity index (χ0v) is 15.6. The van der Waals surface area contributed by atoms with Crippen molar-refractivity contribution in [3.05, 3.63) is 40.4 Å². The molecule has 0 spiro atoms. The number of rotatable bonds is 1. The lowest BCUT2D eigenvalue weighted by Crippen LogP contribution is -2.60. The third-order valence-corrected chi connectivity index (χ3v) is 6.32. The number of halogens is 2. The number of amides is 2. The number of hydrogen-bond acceptors (Lipinski definition) is 4. The molecule has 7 heteroatoms. The van der Waals surface area contributed by atoms with Gasteiger partial charge in [0.1, 0.15) is 0 Å².